The number of hydrogen-bond donors (Lipinski definition) is 1. The van der Waals surface area contributed by atoms with Gasteiger partial charge in [-0.1, -0.05) is 6.92 Å². The molecular formula is C14H26N4. The lowest BCUT2D eigenvalue weighted by Gasteiger charge is -2.34. The number of aryl methyl sites for hydroxylation is 1. The summed E-state index contributed by atoms with van der Waals surface area (Å²) in [6, 6.07) is 0.540. The highest BCUT2D eigenvalue weighted by molar-refractivity contribution is 5.39. The number of piperidine rings is 1. The van der Waals surface area contributed by atoms with E-state index in [4.69, 9.17) is 0 Å². The largest absolute Gasteiger partial charge is 0.380 e. The van der Waals surface area contributed by atoms with Gasteiger partial charge in [-0.05, 0) is 52.2 Å². The van der Waals surface area contributed by atoms with Crippen molar-refractivity contribution in [2.75, 3.05) is 25.0 Å². The molecule has 1 aliphatic rings. The summed E-state index contributed by atoms with van der Waals surface area (Å²) in [5.41, 5.74) is 1.15. The molecule has 1 fully saturated rings. The predicted molar refractivity (Wildman–Crippen MR) is 75.8 cm³/mol. The first kappa shape index (κ1) is 13.4. The standard InChI is InChI=1S/C14H26N4/c1-4-17-8-6-13(7-9-17)12(3)16-14-10-15-18(5-2)11-14/h10-13,16H,4-9H2,1-3H3. The molecule has 0 aromatic carbocycles. The second kappa shape index (κ2) is 6.23. The summed E-state index contributed by atoms with van der Waals surface area (Å²) in [4.78, 5) is 2.54. The van der Waals surface area contributed by atoms with Crippen LogP contribution in [0.2, 0.25) is 0 Å². The molecule has 4 nitrogen and oxygen atoms in total. The van der Waals surface area contributed by atoms with Crippen LogP contribution < -0.4 is 5.32 Å². The molecule has 0 amide bonds. The van der Waals surface area contributed by atoms with Crippen molar-refractivity contribution >= 4 is 5.69 Å². The average molecular weight is 250 g/mol. The smallest absolute Gasteiger partial charge is 0.0728 e. The summed E-state index contributed by atoms with van der Waals surface area (Å²) >= 11 is 0. The Morgan fingerprint density at radius 1 is 1.33 bits per heavy atom. The molecule has 1 aromatic rings. The quantitative estimate of drug-likeness (QED) is 0.871. The number of rotatable bonds is 5. The Hall–Kier alpha value is -1.03. The number of likely N-dealkylation sites (tertiary alicyclic amines) is 1. The molecule has 18 heavy (non-hydrogen) atoms. The predicted octanol–water partition coefficient (Wildman–Crippen LogP) is 2.44. The molecular weight excluding hydrogens is 224 g/mol. The maximum atomic E-state index is 4.30. The first-order valence-corrected chi connectivity index (χ1v) is 7.24. The van der Waals surface area contributed by atoms with Crippen molar-refractivity contribution in [2.24, 2.45) is 5.92 Å². The van der Waals surface area contributed by atoms with Crippen LogP contribution in [0.5, 0.6) is 0 Å². The Balaban J connectivity index is 1.82. The lowest BCUT2D eigenvalue weighted by atomic mass is 9.90. The van der Waals surface area contributed by atoms with Gasteiger partial charge in [0.2, 0.25) is 0 Å². The number of nitrogens with one attached hydrogen (secondary N) is 1. The number of nitrogens with zero attached hydrogens (tertiary/aromatic N) is 3. The van der Waals surface area contributed by atoms with Crippen LogP contribution in [0.25, 0.3) is 0 Å². The first-order valence-electron chi connectivity index (χ1n) is 7.24. The molecule has 1 atom stereocenters. The van der Waals surface area contributed by atoms with Crippen molar-refractivity contribution < 1.29 is 0 Å². The molecule has 2 rings (SSSR count). The Bertz CT molecular complexity index is 352. The van der Waals surface area contributed by atoms with Crippen molar-refractivity contribution in [1.82, 2.24) is 14.7 Å². The van der Waals surface area contributed by atoms with Gasteiger partial charge in [-0.3, -0.25) is 4.68 Å². The fourth-order valence-electron chi connectivity index (χ4n) is 2.76. The van der Waals surface area contributed by atoms with Gasteiger partial charge in [0.05, 0.1) is 11.9 Å². The van der Waals surface area contributed by atoms with Gasteiger partial charge in [0.15, 0.2) is 0 Å². The molecule has 1 saturated heterocycles. The van der Waals surface area contributed by atoms with E-state index in [9.17, 15) is 0 Å². The second-order valence-electron chi connectivity index (χ2n) is 5.29. The van der Waals surface area contributed by atoms with E-state index in [1.54, 1.807) is 0 Å². The highest BCUT2D eigenvalue weighted by atomic mass is 15.3. The minimum Gasteiger partial charge on any atom is -0.380 e. The van der Waals surface area contributed by atoms with Crippen LogP contribution in [-0.4, -0.2) is 40.4 Å². The molecule has 1 N–H and O–H groups in total. The van der Waals surface area contributed by atoms with E-state index in [1.807, 2.05) is 10.9 Å². The normalized spacial score (nSPS) is 19.9. The fourth-order valence-corrected chi connectivity index (χ4v) is 2.76. The molecule has 0 spiro atoms. The topological polar surface area (TPSA) is 33.1 Å². The van der Waals surface area contributed by atoms with Crippen LogP contribution in [0.3, 0.4) is 0 Å². The van der Waals surface area contributed by atoms with Crippen LogP contribution in [0.1, 0.15) is 33.6 Å². The molecule has 1 aromatic heterocycles. The average Bonchev–Trinajstić information content (AvgIpc) is 2.86. The molecule has 102 valence electrons. The fraction of sp³-hybridized carbons (Fsp3) is 0.786. The van der Waals surface area contributed by atoms with Crippen molar-refractivity contribution in [2.45, 2.75) is 46.2 Å². The summed E-state index contributed by atoms with van der Waals surface area (Å²) in [6.45, 7) is 11.3. The minimum absolute atomic E-state index is 0.540. The van der Waals surface area contributed by atoms with Crippen molar-refractivity contribution in [3.05, 3.63) is 12.4 Å². The van der Waals surface area contributed by atoms with E-state index in [0.29, 0.717) is 6.04 Å². The summed E-state index contributed by atoms with van der Waals surface area (Å²) in [5.74, 6) is 0.790. The lowest BCUT2D eigenvalue weighted by Crippen LogP contribution is -2.39. The van der Waals surface area contributed by atoms with Gasteiger partial charge >= 0.3 is 0 Å². The highest BCUT2D eigenvalue weighted by Crippen LogP contribution is 2.22. The Kier molecular flexibility index (Phi) is 4.64. The Morgan fingerprint density at radius 2 is 2.06 bits per heavy atom. The third kappa shape index (κ3) is 3.25. The Labute approximate surface area is 110 Å². The van der Waals surface area contributed by atoms with Gasteiger partial charge < -0.3 is 10.2 Å². The molecule has 0 saturated carbocycles. The van der Waals surface area contributed by atoms with Crippen LogP contribution >= 0.6 is 0 Å². The van der Waals surface area contributed by atoms with E-state index in [0.717, 1.165) is 18.2 Å². The van der Waals surface area contributed by atoms with E-state index in [-0.39, 0.29) is 0 Å². The van der Waals surface area contributed by atoms with Crippen LogP contribution in [0, 0.1) is 5.92 Å². The zero-order chi connectivity index (χ0) is 13.0. The van der Waals surface area contributed by atoms with Gasteiger partial charge in [-0.25, -0.2) is 0 Å². The molecule has 0 bridgehead atoms. The number of hydrogen-bond acceptors (Lipinski definition) is 3. The van der Waals surface area contributed by atoms with Crippen molar-refractivity contribution in [3.8, 4) is 0 Å². The summed E-state index contributed by atoms with van der Waals surface area (Å²) in [7, 11) is 0. The van der Waals surface area contributed by atoms with E-state index in [1.165, 1.54) is 32.5 Å². The van der Waals surface area contributed by atoms with Gasteiger partial charge in [-0.15, -0.1) is 0 Å². The maximum Gasteiger partial charge on any atom is 0.0728 e. The summed E-state index contributed by atoms with van der Waals surface area (Å²) in [6.07, 6.45) is 6.65. The third-order valence-corrected chi connectivity index (χ3v) is 4.14. The third-order valence-electron chi connectivity index (χ3n) is 4.14. The monoisotopic (exact) mass is 250 g/mol. The molecule has 2 heterocycles. The van der Waals surface area contributed by atoms with Crippen LogP contribution in [-0.2, 0) is 6.54 Å². The summed E-state index contributed by atoms with van der Waals surface area (Å²) < 4.78 is 1.97. The number of aromatic nitrogens is 2. The highest BCUT2D eigenvalue weighted by Gasteiger charge is 2.23. The second-order valence-corrected chi connectivity index (χ2v) is 5.29. The van der Waals surface area contributed by atoms with E-state index < -0.39 is 0 Å². The van der Waals surface area contributed by atoms with Crippen molar-refractivity contribution in [3.63, 3.8) is 0 Å². The maximum absolute atomic E-state index is 4.30. The minimum atomic E-state index is 0.540. The van der Waals surface area contributed by atoms with Gasteiger partial charge in [0.25, 0.3) is 0 Å². The molecule has 0 radical (unpaired) electrons. The van der Waals surface area contributed by atoms with E-state index in [2.05, 4.69) is 42.3 Å². The zero-order valence-corrected chi connectivity index (χ0v) is 11.9. The van der Waals surface area contributed by atoms with Crippen molar-refractivity contribution in [1.29, 1.82) is 0 Å². The zero-order valence-electron chi connectivity index (χ0n) is 11.9. The van der Waals surface area contributed by atoms with Crippen LogP contribution in [0.15, 0.2) is 12.4 Å². The summed E-state index contributed by atoms with van der Waals surface area (Å²) in [5, 5.41) is 7.90. The molecule has 0 aliphatic carbocycles. The lowest BCUT2D eigenvalue weighted by molar-refractivity contribution is 0.183. The van der Waals surface area contributed by atoms with Gasteiger partial charge in [-0.2, -0.15) is 5.10 Å². The SMILES string of the molecule is CCN1CCC(C(C)Nc2cnn(CC)c2)CC1. The molecule has 4 heteroatoms. The van der Waals surface area contributed by atoms with E-state index >= 15 is 0 Å². The van der Waals surface area contributed by atoms with Crippen LogP contribution in [0.4, 0.5) is 5.69 Å². The molecule has 1 unspecified atom stereocenters. The number of anilines is 1. The Morgan fingerprint density at radius 3 is 2.61 bits per heavy atom. The van der Waals surface area contributed by atoms with Gasteiger partial charge in [0, 0.05) is 18.8 Å². The van der Waals surface area contributed by atoms with Gasteiger partial charge in [0.1, 0.15) is 0 Å². The molecule has 1 aliphatic heterocycles. The first-order chi connectivity index (χ1) is 8.72.